The van der Waals surface area contributed by atoms with Crippen LogP contribution in [0.3, 0.4) is 0 Å². The van der Waals surface area contributed by atoms with E-state index in [2.05, 4.69) is 26.8 Å². The van der Waals surface area contributed by atoms with Gasteiger partial charge in [0.25, 0.3) is 0 Å². The smallest absolute Gasteiger partial charge is 0.124 e. The number of hydrogen-bond acceptors (Lipinski definition) is 2. The van der Waals surface area contributed by atoms with E-state index in [4.69, 9.17) is 10.5 Å². The fourth-order valence-electron chi connectivity index (χ4n) is 3.72. The van der Waals surface area contributed by atoms with Crippen LogP contribution in [-0.2, 0) is 0 Å². The van der Waals surface area contributed by atoms with Gasteiger partial charge in [-0.1, -0.05) is 18.9 Å². The summed E-state index contributed by atoms with van der Waals surface area (Å²) in [4.78, 5) is 0. The van der Waals surface area contributed by atoms with Gasteiger partial charge in [0, 0.05) is 0 Å². The zero-order valence-corrected chi connectivity index (χ0v) is 12.8. The molecule has 0 radical (unpaired) electrons. The second-order valence-corrected chi connectivity index (χ2v) is 5.95. The highest BCUT2D eigenvalue weighted by Gasteiger charge is 2.27. The largest absolute Gasteiger partial charge is 0.496 e. The summed E-state index contributed by atoms with van der Waals surface area (Å²) >= 11 is 0. The highest BCUT2D eigenvalue weighted by molar-refractivity contribution is 5.50. The van der Waals surface area contributed by atoms with Crippen LogP contribution in [0.2, 0.25) is 0 Å². The third kappa shape index (κ3) is 2.64. The van der Waals surface area contributed by atoms with Crippen LogP contribution in [0.15, 0.2) is 6.07 Å². The Labute approximate surface area is 117 Å². The van der Waals surface area contributed by atoms with Crippen molar-refractivity contribution in [2.45, 2.75) is 52.4 Å². The van der Waals surface area contributed by atoms with Gasteiger partial charge in [-0.3, -0.25) is 0 Å². The van der Waals surface area contributed by atoms with Gasteiger partial charge >= 0.3 is 0 Å². The van der Waals surface area contributed by atoms with Crippen molar-refractivity contribution in [1.29, 1.82) is 0 Å². The summed E-state index contributed by atoms with van der Waals surface area (Å²) in [6, 6.07) is 2.30. The predicted octanol–water partition coefficient (Wildman–Crippen LogP) is 3.85. The van der Waals surface area contributed by atoms with Crippen molar-refractivity contribution in [1.82, 2.24) is 0 Å². The van der Waals surface area contributed by atoms with Crippen LogP contribution in [0.1, 0.15) is 53.9 Å². The first-order valence-electron chi connectivity index (χ1n) is 7.44. The van der Waals surface area contributed by atoms with Gasteiger partial charge in [-0.2, -0.15) is 0 Å². The van der Waals surface area contributed by atoms with E-state index in [9.17, 15) is 0 Å². The summed E-state index contributed by atoms with van der Waals surface area (Å²) in [5, 5.41) is 0. The molecule has 1 atom stereocenters. The van der Waals surface area contributed by atoms with Gasteiger partial charge in [-0.15, -0.1) is 0 Å². The lowest BCUT2D eigenvalue weighted by Crippen LogP contribution is -2.21. The van der Waals surface area contributed by atoms with Gasteiger partial charge in [-0.25, -0.2) is 0 Å². The van der Waals surface area contributed by atoms with E-state index in [1.807, 2.05) is 0 Å². The Balaban J connectivity index is 2.42. The Morgan fingerprint density at radius 3 is 2.37 bits per heavy atom. The van der Waals surface area contributed by atoms with Crippen LogP contribution in [0.4, 0.5) is 0 Å². The molecular formula is C17H27NO. The van der Waals surface area contributed by atoms with Crippen molar-refractivity contribution in [3.05, 3.63) is 28.3 Å². The van der Waals surface area contributed by atoms with E-state index in [1.165, 1.54) is 47.9 Å². The van der Waals surface area contributed by atoms with Gasteiger partial charge in [0.15, 0.2) is 0 Å². The second-order valence-electron chi connectivity index (χ2n) is 5.95. The van der Waals surface area contributed by atoms with Gasteiger partial charge in [0.2, 0.25) is 0 Å². The Hall–Kier alpha value is -1.02. The molecule has 0 amide bonds. The quantitative estimate of drug-likeness (QED) is 0.893. The average Bonchev–Trinajstić information content (AvgIpc) is 2.90. The Kier molecular flexibility index (Phi) is 4.51. The van der Waals surface area contributed by atoms with Crippen LogP contribution < -0.4 is 10.5 Å². The molecular weight excluding hydrogens is 234 g/mol. The first-order valence-corrected chi connectivity index (χ1v) is 7.44. The van der Waals surface area contributed by atoms with E-state index >= 15 is 0 Å². The zero-order valence-electron chi connectivity index (χ0n) is 12.8. The minimum Gasteiger partial charge on any atom is -0.496 e. The highest BCUT2D eigenvalue weighted by Crippen LogP contribution is 2.40. The third-order valence-electron chi connectivity index (χ3n) is 4.89. The van der Waals surface area contributed by atoms with Gasteiger partial charge in [0.1, 0.15) is 5.75 Å². The molecule has 1 aliphatic carbocycles. The molecule has 2 nitrogen and oxygen atoms in total. The minimum atomic E-state index is 0.519. The topological polar surface area (TPSA) is 35.2 Å². The minimum absolute atomic E-state index is 0.519. The lowest BCUT2D eigenvalue weighted by Gasteiger charge is -2.26. The van der Waals surface area contributed by atoms with Gasteiger partial charge < -0.3 is 10.5 Å². The monoisotopic (exact) mass is 261 g/mol. The van der Waals surface area contributed by atoms with Crippen molar-refractivity contribution in [3.63, 3.8) is 0 Å². The molecule has 2 heteroatoms. The summed E-state index contributed by atoms with van der Waals surface area (Å²) in [6.07, 6.45) is 5.42. The van der Waals surface area contributed by atoms with E-state index < -0.39 is 0 Å². The molecule has 0 bridgehead atoms. The fourth-order valence-corrected chi connectivity index (χ4v) is 3.72. The summed E-state index contributed by atoms with van der Waals surface area (Å²) in [6.45, 7) is 7.27. The molecule has 0 aliphatic heterocycles. The molecule has 1 unspecified atom stereocenters. The van der Waals surface area contributed by atoms with Crippen LogP contribution in [0.25, 0.3) is 0 Å². The molecule has 106 valence electrons. The Bertz CT molecular complexity index is 447. The van der Waals surface area contributed by atoms with E-state index in [1.54, 1.807) is 7.11 Å². The van der Waals surface area contributed by atoms with Gasteiger partial charge in [-0.05, 0) is 74.2 Å². The van der Waals surface area contributed by atoms with E-state index in [-0.39, 0.29) is 0 Å². The maximum atomic E-state index is 6.09. The Morgan fingerprint density at radius 2 is 1.84 bits per heavy atom. The lowest BCUT2D eigenvalue weighted by atomic mass is 9.81. The lowest BCUT2D eigenvalue weighted by molar-refractivity contribution is 0.405. The fraction of sp³-hybridized carbons (Fsp3) is 0.647. The van der Waals surface area contributed by atoms with Gasteiger partial charge in [0.05, 0.1) is 7.11 Å². The summed E-state index contributed by atoms with van der Waals surface area (Å²) in [5.41, 5.74) is 11.4. The normalized spacial score (nSPS) is 17.7. The molecule has 1 aliphatic rings. The second kappa shape index (κ2) is 5.96. The maximum absolute atomic E-state index is 6.09. The molecule has 2 N–H and O–H groups in total. The third-order valence-corrected chi connectivity index (χ3v) is 4.89. The number of rotatable bonds is 4. The van der Waals surface area contributed by atoms with Crippen molar-refractivity contribution in [3.8, 4) is 5.75 Å². The molecule has 1 fully saturated rings. The number of nitrogens with two attached hydrogens (primary N) is 1. The SMILES string of the molecule is COc1c(C)cc(C(CN)C2CCCC2)c(C)c1C. The number of ether oxygens (including phenoxy) is 1. The van der Waals surface area contributed by atoms with E-state index in [0.717, 1.165) is 18.2 Å². The molecule has 19 heavy (non-hydrogen) atoms. The van der Waals surface area contributed by atoms with Crippen LogP contribution in [-0.4, -0.2) is 13.7 Å². The van der Waals surface area contributed by atoms with Crippen molar-refractivity contribution < 1.29 is 4.74 Å². The summed E-state index contributed by atoms with van der Waals surface area (Å²) in [7, 11) is 1.76. The van der Waals surface area contributed by atoms with Crippen LogP contribution in [0.5, 0.6) is 5.75 Å². The standard InChI is InChI=1S/C17H27NO/c1-11-9-15(12(2)13(3)17(11)19-4)16(10-18)14-7-5-6-8-14/h9,14,16H,5-8,10,18H2,1-4H3. The highest BCUT2D eigenvalue weighted by atomic mass is 16.5. The molecule has 1 aromatic rings. The number of hydrogen-bond donors (Lipinski definition) is 1. The molecule has 1 aromatic carbocycles. The molecule has 0 heterocycles. The van der Waals surface area contributed by atoms with Crippen molar-refractivity contribution in [2.75, 3.05) is 13.7 Å². The predicted molar refractivity (Wildman–Crippen MR) is 81.0 cm³/mol. The summed E-state index contributed by atoms with van der Waals surface area (Å²) in [5.74, 6) is 2.32. The van der Waals surface area contributed by atoms with Crippen molar-refractivity contribution >= 4 is 0 Å². The Morgan fingerprint density at radius 1 is 1.21 bits per heavy atom. The molecule has 0 spiro atoms. The maximum Gasteiger partial charge on any atom is 0.124 e. The zero-order chi connectivity index (χ0) is 14.0. The van der Waals surface area contributed by atoms with E-state index in [0.29, 0.717) is 5.92 Å². The first kappa shape index (κ1) is 14.4. The molecule has 0 saturated heterocycles. The van der Waals surface area contributed by atoms with Crippen LogP contribution in [0, 0.1) is 26.7 Å². The molecule has 0 aromatic heterocycles. The summed E-state index contributed by atoms with van der Waals surface area (Å²) < 4.78 is 5.52. The van der Waals surface area contributed by atoms with Crippen molar-refractivity contribution in [2.24, 2.45) is 11.7 Å². The van der Waals surface area contributed by atoms with Crippen LogP contribution >= 0.6 is 0 Å². The number of methoxy groups -OCH3 is 1. The average molecular weight is 261 g/mol. The number of benzene rings is 1. The molecule has 2 rings (SSSR count). The number of aryl methyl sites for hydroxylation is 1. The first-order chi connectivity index (χ1) is 9.10. The molecule has 1 saturated carbocycles.